The van der Waals surface area contributed by atoms with Crippen molar-refractivity contribution >= 4 is 55.7 Å². The van der Waals surface area contributed by atoms with Crippen LogP contribution < -0.4 is 19.3 Å². The molecule has 1 aliphatic rings. The first-order valence-electron chi connectivity index (χ1n) is 16.1. The summed E-state index contributed by atoms with van der Waals surface area (Å²) in [5, 5.41) is 4.71. The number of fused-ring (bicyclic) bond motifs is 4. The Hall–Kier alpha value is -6.52. The number of para-hydroxylation sites is 2. The maximum Gasteiger partial charge on any atom is 0.172 e. The molecule has 48 heavy (non-hydrogen) atoms. The lowest BCUT2D eigenvalue weighted by atomic mass is 10.1. The molecule has 0 atom stereocenters. The van der Waals surface area contributed by atoms with E-state index in [1.807, 2.05) is 24.3 Å². The van der Waals surface area contributed by atoms with Gasteiger partial charge >= 0.3 is 0 Å². The van der Waals surface area contributed by atoms with Crippen molar-refractivity contribution in [3.63, 3.8) is 0 Å². The summed E-state index contributed by atoms with van der Waals surface area (Å²) in [7, 11) is 0. The molecule has 8 aromatic carbocycles. The summed E-state index contributed by atoms with van der Waals surface area (Å²) in [5.74, 6) is 2.68. The smallest absolute Gasteiger partial charge is 0.172 e. The van der Waals surface area contributed by atoms with E-state index in [1.54, 1.807) is 0 Å². The minimum atomic E-state index is 0.662. The number of nitrogens with zero attached hydrogens (tertiary/aromatic N) is 2. The quantitative estimate of drug-likeness (QED) is 0.185. The molecule has 0 aliphatic carbocycles. The molecule has 1 aliphatic heterocycles. The largest absolute Gasteiger partial charge is 0.450 e. The van der Waals surface area contributed by atoms with E-state index in [4.69, 9.17) is 9.47 Å². The second-order valence-electron chi connectivity index (χ2n) is 11.8. The summed E-state index contributed by atoms with van der Waals surface area (Å²) >= 11 is 0. The van der Waals surface area contributed by atoms with Crippen molar-refractivity contribution in [1.82, 2.24) is 0 Å². The summed E-state index contributed by atoms with van der Waals surface area (Å²) in [4.78, 5) is 4.55. The van der Waals surface area contributed by atoms with E-state index in [-0.39, 0.29) is 0 Å². The van der Waals surface area contributed by atoms with E-state index in [0.717, 1.165) is 34.1 Å². The minimum Gasteiger partial charge on any atom is -0.450 e. The fraction of sp³-hybridized carbons (Fsp3) is 0. The first-order chi connectivity index (χ1) is 23.8. The molecular weight excluding hydrogens is 588 g/mol. The highest BCUT2D eigenvalue weighted by molar-refractivity contribution is 6.00. The van der Waals surface area contributed by atoms with Crippen LogP contribution in [-0.2, 0) is 0 Å². The van der Waals surface area contributed by atoms with Gasteiger partial charge in [-0.15, -0.1) is 0 Å². The van der Waals surface area contributed by atoms with Crippen LogP contribution in [0, 0.1) is 0 Å². The number of ether oxygens (including phenoxy) is 2. The SMILES string of the molecule is c1ccc(N(c2ccc3c(c2)Oc2cc(N(c4ccccc4)c4cccc5ccccc45)ccc2O3)c2cccc3ccccc23)cc1. The van der Waals surface area contributed by atoms with Crippen LogP contribution in [0.1, 0.15) is 0 Å². The predicted molar refractivity (Wildman–Crippen MR) is 197 cm³/mol. The Bertz CT molecular complexity index is 2240. The highest BCUT2D eigenvalue weighted by Crippen LogP contribution is 2.51. The van der Waals surface area contributed by atoms with Gasteiger partial charge in [0, 0.05) is 34.3 Å². The third kappa shape index (κ3) is 4.88. The molecule has 0 aromatic heterocycles. The van der Waals surface area contributed by atoms with Gasteiger partial charge in [0.05, 0.1) is 22.7 Å². The summed E-state index contributed by atoms with van der Waals surface area (Å²) < 4.78 is 13.1. The van der Waals surface area contributed by atoms with Gasteiger partial charge < -0.3 is 19.3 Å². The molecule has 4 heteroatoms. The second kappa shape index (κ2) is 11.7. The van der Waals surface area contributed by atoms with Crippen molar-refractivity contribution < 1.29 is 9.47 Å². The van der Waals surface area contributed by atoms with Crippen LogP contribution >= 0.6 is 0 Å². The van der Waals surface area contributed by atoms with E-state index in [9.17, 15) is 0 Å². The molecule has 9 rings (SSSR count). The zero-order chi connectivity index (χ0) is 31.9. The summed E-state index contributed by atoms with van der Waals surface area (Å²) in [6.07, 6.45) is 0. The highest BCUT2D eigenvalue weighted by atomic mass is 16.6. The van der Waals surface area contributed by atoms with Crippen LogP contribution in [0.5, 0.6) is 23.0 Å². The zero-order valence-corrected chi connectivity index (χ0v) is 26.0. The molecule has 0 unspecified atom stereocenters. The van der Waals surface area contributed by atoms with Crippen molar-refractivity contribution in [1.29, 1.82) is 0 Å². The lowest BCUT2D eigenvalue weighted by molar-refractivity contribution is 0.360. The Morgan fingerprint density at radius 2 is 0.688 bits per heavy atom. The lowest BCUT2D eigenvalue weighted by Gasteiger charge is -2.30. The summed E-state index contributed by atoms with van der Waals surface area (Å²) in [6.45, 7) is 0. The third-order valence-electron chi connectivity index (χ3n) is 8.85. The molecule has 0 radical (unpaired) electrons. The average Bonchev–Trinajstić information content (AvgIpc) is 3.15. The first-order valence-corrected chi connectivity index (χ1v) is 16.1. The molecule has 0 fully saturated rings. The van der Waals surface area contributed by atoms with Crippen molar-refractivity contribution in [3.8, 4) is 23.0 Å². The summed E-state index contributed by atoms with van der Waals surface area (Å²) in [6, 6.07) is 63.0. The maximum atomic E-state index is 6.70. The van der Waals surface area contributed by atoms with Crippen LogP contribution in [-0.4, -0.2) is 0 Å². The molecule has 0 saturated carbocycles. The number of hydrogen-bond acceptors (Lipinski definition) is 4. The number of benzene rings is 8. The number of hydrogen-bond donors (Lipinski definition) is 0. The summed E-state index contributed by atoms with van der Waals surface area (Å²) in [5.41, 5.74) is 6.24. The van der Waals surface area contributed by atoms with Gasteiger partial charge in [0.1, 0.15) is 0 Å². The topological polar surface area (TPSA) is 24.9 Å². The van der Waals surface area contributed by atoms with Gasteiger partial charge in [0.15, 0.2) is 23.0 Å². The van der Waals surface area contributed by atoms with E-state index >= 15 is 0 Å². The Labute approximate surface area is 279 Å². The highest BCUT2D eigenvalue weighted by Gasteiger charge is 2.24. The van der Waals surface area contributed by atoms with Crippen molar-refractivity contribution in [3.05, 3.63) is 182 Å². The molecule has 1 heterocycles. The molecular formula is C44H30N2O2. The molecule has 0 bridgehead atoms. The lowest BCUT2D eigenvalue weighted by Crippen LogP contribution is -2.12. The number of anilines is 6. The van der Waals surface area contributed by atoms with Crippen LogP contribution in [0.4, 0.5) is 34.1 Å². The van der Waals surface area contributed by atoms with Gasteiger partial charge in [-0.05, 0) is 71.4 Å². The van der Waals surface area contributed by atoms with E-state index < -0.39 is 0 Å². The molecule has 4 nitrogen and oxygen atoms in total. The Balaban J connectivity index is 1.14. The fourth-order valence-electron chi connectivity index (χ4n) is 6.65. The number of rotatable bonds is 6. The monoisotopic (exact) mass is 618 g/mol. The van der Waals surface area contributed by atoms with Crippen molar-refractivity contribution in [2.24, 2.45) is 0 Å². The minimum absolute atomic E-state index is 0.662. The maximum absolute atomic E-state index is 6.70. The van der Waals surface area contributed by atoms with Crippen molar-refractivity contribution in [2.45, 2.75) is 0 Å². The first kappa shape index (κ1) is 27.8. The van der Waals surface area contributed by atoms with Gasteiger partial charge in [-0.1, -0.05) is 109 Å². The molecule has 228 valence electrons. The van der Waals surface area contributed by atoms with Crippen molar-refractivity contribution in [2.75, 3.05) is 9.80 Å². The Morgan fingerprint density at radius 1 is 0.292 bits per heavy atom. The van der Waals surface area contributed by atoms with E-state index in [0.29, 0.717) is 23.0 Å². The van der Waals surface area contributed by atoms with Gasteiger partial charge in [-0.3, -0.25) is 0 Å². The average molecular weight is 619 g/mol. The van der Waals surface area contributed by atoms with Crippen LogP contribution in [0.3, 0.4) is 0 Å². The van der Waals surface area contributed by atoms with Gasteiger partial charge in [0.2, 0.25) is 0 Å². The third-order valence-corrected chi connectivity index (χ3v) is 8.85. The Morgan fingerprint density at radius 3 is 1.17 bits per heavy atom. The van der Waals surface area contributed by atoms with E-state index in [1.165, 1.54) is 21.5 Å². The van der Waals surface area contributed by atoms with Crippen LogP contribution in [0.25, 0.3) is 21.5 Å². The Kier molecular flexibility index (Phi) is 6.76. The van der Waals surface area contributed by atoms with E-state index in [2.05, 4.69) is 168 Å². The van der Waals surface area contributed by atoms with Crippen LogP contribution in [0.15, 0.2) is 182 Å². The molecule has 0 spiro atoms. The molecule has 0 N–H and O–H groups in total. The normalized spacial score (nSPS) is 11.7. The van der Waals surface area contributed by atoms with Gasteiger partial charge in [-0.25, -0.2) is 0 Å². The molecule has 0 amide bonds. The standard InChI is InChI=1S/C44H30N2O2/c1-3-17-33(18-4-1)45(39-23-11-15-31-13-7-9-21-37(31)39)35-25-27-41-43(29-35)48-44-30-36(26-28-42(44)47-41)46(34-19-5-2-6-20-34)40-24-12-16-32-14-8-10-22-38(32)40/h1-30H. The molecule has 8 aromatic rings. The fourth-order valence-corrected chi connectivity index (χ4v) is 6.65. The predicted octanol–water partition coefficient (Wildman–Crippen LogP) is 12.8. The van der Waals surface area contributed by atoms with Gasteiger partial charge in [0.25, 0.3) is 0 Å². The second-order valence-corrected chi connectivity index (χ2v) is 11.8. The zero-order valence-electron chi connectivity index (χ0n) is 26.0. The van der Waals surface area contributed by atoms with Crippen LogP contribution in [0.2, 0.25) is 0 Å². The molecule has 0 saturated heterocycles. The van der Waals surface area contributed by atoms with Gasteiger partial charge in [-0.2, -0.15) is 0 Å².